The third kappa shape index (κ3) is 3.45. The standard InChI is InChI=1S/C17H18O3/c1-17(2,20)16(19)14-7-3-12(4-8-14)11-13-5-9-15(18)10-6-13/h3-10,18,20H,11H2,1-2H3. The molecule has 20 heavy (non-hydrogen) atoms. The van der Waals surface area contributed by atoms with Crippen LogP contribution in [0.4, 0.5) is 0 Å². The number of ketones is 1. The Morgan fingerprint density at radius 2 is 1.40 bits per heavy atom. The first-order chi connectivity index (χ1) is 9.36. The average molecular weight is 270 g/mol. The number of rotatable bonds is 4. The summed E-state index contributed by atoms with van der Waals surface area (Å²) in [5.41, 5.74) is 1.32. The molecule has 2 aromatic carbocycles. The summed E-state index contributed by atoms with van der Waals surface area (Å²) in [6.45, 7) is 2.97. The minimum absolute atomic E-state index is 0.250. The highest BCUT2D eigenvalue weighted by Gasteiger charge is 2.24. The van der Waals surface area contributed by atoms with E-state index in [1.807, 2.05) is 24.3 Å². The van der Waals surface area contributed by atoms with Crippen molar-refractivity contribution in [3.63, 3.8) is 0 Å². The van der Waals surface area contributed by atoms with Crippen LogP contribution in [-0.4, -0.2) is 21.6 Å². The quantitative estimate of drug-likeness (QED) is 0.840. The molecule has 0 spiro atoms. The largest absolute Gasteiger partial charge is 0.508 e. The number of aromatic hydroxyl groups is 1. The zero-order valence-electron chi connectivity index (χ0n) is 11.6. The summed E-state index contributed by atoms with van der Waals surface area (Å²) in [4.78, 5) is 11.9. The summed E-state index contributed by atoms with van der Waals surface area (Å²) in [6.07, 6.45) is 0.733. The number of carbonyl (C=O) groups is 1. The molecule has 2 aromatic rings. The van der Waals surface area contributed by atoms with Crippen LogP contribution in [0.15, 0.2) is 48.5 Å². The summed E-state index contributed by atoms with van der Waals surface area (Å²) >= 11 is 0. The maximum absolute atomic E-state index is 11.9. The smallest absolute Gasteiger partial charge is 0.193 e. The van der Waals surface area contributed by atoms with E-state index in [1.165, 1.54) is 13.8 Å². The molecular formula is C17H18O3. The fourth-order valence-electron chi connectivity index (χ4n) is 1.98. The van der Waals surface area contributed by atoms with Crippen molar-refractivity contribution in [2.45, 2.75) is 25.9 Å². The molecule has 0 saturated heterocycles. The zero-order chi connectivity index (χ0) is 14.8. The molecule has 0 saturated carbocycles. The van der Waals surface area contributed by atoms with Gasteiger partial charge in [0.25, 0.3) is 0 Å². The Bertz CT molecular complexity index is 590. The Hall–Kier alpha value is -2.13. The van der Waals surface area contributed by atoms with Gasteiger partial charge in [-0.15, -0.1) is 0 Å². The first-order valence-electron chi connectivity index (χ1n) is 6.50. The number of hydrogen-bond donors (Lipinski definition) is 2. The topological polar surface area (TPSA) is 57.5 Å². The van der Waals surface area contributed by atoms with Gasteiger partial charge in [-0.25, -0.2) is 0 Å². The van der Waals surface area contributed by atoms with Crippen LogP contribution in [0.3, 0.4) is 0 Å². The number of phenols is 1. The summed E-state index contributed by atoms with van der Waals surface area (Å²) in [7, 11) is 0. The predicted octanol–water partition coefficient (Wildman–Crippen LogP) is 2.94. The molecule has 0 bridgehead atoms. The SMILES string of the molecule is CC(C)(O)C(=O)c1ccc(Cc2ccc(O)cc2)cc1. The molecule has 0 heterocycles. The second-order valence-electron chi connectivity index (χ2n) is 5.43. The minimum atomic E-state index is -1.35. The number of carbonyl (C=O) groups excluding carboxylic acids is 1. The van der Waals surface area contributed by atoms with Crippen LogP contribution >= 0.6 is 0 Å². The van der Waals surface area contributed by atoms with Crippen LogP contribution in [0.25, 0.3) is 0 Å². The lowest BCUT2D eigenvalue weighted by Crippen LogP contribution is -2.31. The van der Waals surface area contributed by atoms with Gasteiger partial charge in [0.1, 0.15) is 11.4 Å². The van der Waals surface area contributed by atoms with Crippen LogP contribution in [0.1, 0.15) is 35.3 Å². The van der Waals surface area contributed by atoms with Gasteiger partial charge in [-0.3, -0.25) is 4.79 Å². The van der Waals surface area contributed by atoms with Crippen molar-refractivity contribution in [1.82, 2.24) is 0 Å². The van der Waals surface area contributed by atoms with Crippen molar-refractivity contribution in [3.05, 3.63) is 65.2 Å². The lowest BCUT2D eigenvalue weighted by Gasteiger charge is -2.15. The summed E-state index contributed by atoms with van der Waals surface area (Å²) in [6, 6.07) is 14.3. The Morgan fingerprint density at radius 1 is 0.950 bits per heavy atom. The molecule has 0 atom stereocenters. The molecule has 0 aliphatic carbocycles. The normalized spacial score (nSPS) is 11.3. The van der Waals surface area contributed by atoms with Crippen LogP contribution in [0.2, 0.25) is 0 Å². The molecule has 2 rings (SSSR count). The second-order valence-corrected chi connectivity index (χ2v) is 5.43. The lowest BCUT2D eigenvalue weighted by molar-refractivity contribution is 0.0488. The molecule has 0 aliphatic heterocycles. The number of benzene rings is 2. The zero-order valence-corrected chi connectivity index (χ0v) is 11.6. The minimum Gasteiger partial charge on any atom is -0.508 e. The van der Waals surface area contributed by atoms with E-state index < -0.39 is 5.60 Å². The van der Waals surface area contributed by atoms with Crippen molar-refractivity contribution in [2.24, 2.45) is 0 Å². The van der Waals surface area contributed by atoms with E-state index in [0.717, 1.165) is 17.5 Å². The number of hydrogen-bond acceptors (Lipinski definition) is 3. The lowest BCUT2D eigenvalue weighted by atomic mass is 9.95. The van der Waals surface area contributed by atoms with E-state index in [0.29, 0.717) is 5.56 Å². The fraction of sp³-hybridized carbons (Fsp3) is 0.235. The molecular weight excluding hydrogens is 252 g/mol. The first kappa shape index (κ1) is 14.3. The van der Waals surface area contributed by atoms with Crippen molar-refractivity contribution in [3.8, 4) is 5.75 Å². The Kier molecular flexibility index (Phi) is 3.91. The maximum Gasteiger partial charge on any atom is 0.193 e. The van der Waals surface area contributed by atoms with Crippen molar-refractivity contribution < 1.29 is 15.0 Å². The highest BCUT2D eigenvalue weighted by atomic mass is 16.3. The number of Topliss-reactive ketones (excluding diaryl/α,β-unsaturated/α-hetero) is 1. The van der Waals surface area contributed by atoms with E-state index in [1.54, 1.807) is 24.3 Å². The van der Waals surface area contributed by atoms with Gasteiger partial charge in [-0.1, -0.05) is 36.4 Å². The van der Waals surface area contributed by atoms with Crippen LogP contribution in [-0.2, 0) is 6.42 Å². The molecule has 0 aliphatic rings. The molecule has 2 N–H and O–H groups in total. The van der Waals surface area contributed by atoms with E-state index in [9.17, 15) is 15.0 Å². The van der Waals surface area contributed by atoms with E-state index in [2.05, 4.69) is 0 Å². The third-order valence-corrected chi connectivity index (χ3v) is 3.12. The van der Waals surface area contributed by atoms with Gasteiger partial charge in [0.2, 0.25) is 0 Å². The van der Waals surface area contributed by atoms with Crippen LogP contribution < -0.4 is 0 Å². The van der Waals surface area contributed by atoms with Crippen LogP contribution in [0.5, 0.6) is 5.75 Å². The molecule has 0 fully saturated rings. The Morgan fingerprint density at radius 3 is 1.85 bits per heavy atom. The molecule has 0 radical (unpaired) electrons. The average Bonchev–Trinajstić information content (AvgIpc) is 2.40. The Balaban J connectivity index is 2.12. The predicted molar refractivity (Wildman–Crippen MR) is 78.0 cm³/mol. The maximum atomic E-state index is 11.9. The van der Waals surface area contributed by atoms with Crippen molar-refractivity contribution >= 4 is 5.78 Å². The molecule has 0 unspecified atom stereocenters. The van der Waals surface area contributed by atoms with Crippen LogP contribution in [0, 0.1) is 0 Å². The van der Waals surface area contributed by atoms with Gasteiger partial charge in [0, 0.05) is 5.56 Å². The van der Waals surface area contributed by atoms with Gasteiger partial charge in [-0.05, 0) is 43.5 Å². The second kappa shape index (κ2) is 5.47. The first-order valence-corrected chi connectivity index (χ1v) is 6.50. The molecule has 0 amide bonds. The highest BCUT2D eigenvalue weighted by Crippen LogP contribution is 2.17. The van der Waals surface area contributed by atoms with E-state index in [-0.39, 0.29) is 11.5 Å². The van der Waals surface area contributed by atoms with Gasteiger partial charge in [-0.2, -0.15) is 0 Å². The highest BCUT2D eigenvalue weighted by molar-refractivity contribution is 6.01. The van der Waals surface area contributed by atoms with Gasteiger partial charge >= 0.3 is 0 Å². The molecule has 0 aromatic heterocycles. The molecule has 104 valence electrons. The van der Waals surface area contributed by atoms with E-state index >= 15 is 0 Å². The molecule has 3 heteroatoms. The van der Waals surface area contributed by atoms with Crippen molar-refractivity contribution in [2.75, 3.05) is 0 Å². The monoisotopic (exact) mass is 270 g/mol. The molecule has 3 nitrogen and oxygen atoms in total. The summed E-state index contributed by atoms with van der Waals surface area (Å²) < 4.78 is 0. The fourth-order valence-corrected chi connectivity index (χ4v) is 1.98. The van der Waals surface area contributed by atoms with Gasteiger partial charge < -0.3 is 10.2 Å². The number of aliphatic hydroxyl groups is 1. The summed E-state index contributed by atoms with van der Waals surface area (Å²) in [5.74, 6) is -0.0337. The van der Waals surface area contributed by atoms with Crippen molar-refractivity contribution in [1.29, 1.82) is 0 Å². The Labute approximate surface area is 118 Å². The number of phenolic OH excluding ortho intramolecular Hbond substituents is 1. The third-order valence-electron chi connectivity index (χ3n) is 3.12. The van der Waals surface area contributed by atoms with E-state index in [4.69, 9.17) is 0 Å². The van der Waals surface area contributed by atoms with Gasteiger partial charge in [0.15, 0.2) is 5.78 Å². The van der Waals surface area contributed by atoms with Gasteiger partial charge in [0.05, 0.1) is 0 Å². The summed E-state index contributed by atoms with van der Waals surface area (Å²) in [5, 5.41) is 18.9.